The Balaban J connectivity index is 2.27. The third kappa shape index (κ3) is 5.46. The van der Waals surface area contributed by atoms with Gasteiger partial charge in [-0.1, -0.05) is 0 Å². The lowest BCUT2D eigenvalue weighted by Crippen LogP contribution is -2.51. The highest BCUT2D eigenvalue weighted by Gasteiger charge is 2.24. The molecule has 20 heavy (non-hydrogen) atoms. The lowest BCUT2D eigenvalue weighted by atomic mass is 10.2. The number of amides is 3. The highest BCUT2D eigenvalue weighted by molar-refractivity contribution is 5.86. The fourth-order valence-electron chi connectivity index (χ4n) is 1.72. The summed E-state index contributed by atoms with van der Waals surface area (Å²) in [5, 5.41) is 2.53. The molecule has 7 nitrogen and oxygen atoms in total. The minimum atomic E-state index is -0.558. The first-order chi connectivity index (χ1) is 9.19. The van der Waals surface area contributed by atoms with Crippen molar-refractivity contribution in [2.24, 2.45) is 0 Å². The number of hydrogen-bond acceptors (Lipinski definition) is 4. The maximum absolute atomic E-state index is 11.9. The summed E-state index contributed by atoms with van der Waals surface area (Å²) in [6.07, 6.45) is -0.379. The number of rotatable bonds is 3. The average Bonchev–Trinajstić information content (AvgIpc) is 2.30. The van der Waals surface area contributed by atoms with Crippen LogP contribution in [0.5, 0.6) is 0 Å². The van der Waals surface area contributed by atoms with Crippen LogP contribution in [0.1, 0.15) is 27.2 Å². The molecular weight excluding hydrogens is 262 g/mol. The first-order valence-electron chi connectivity index (χ1n) is 6.67. The van der Waals surface area contributed by atoms with Crippen molar-refractivity contribution < 1.29 is 19.1 Å². The van der Waals surface area contributed by atoms with Crippen molar-refractivity contribution in [3.05, 3.63) is 0 Å². The summed E-state index contributed by atoms with van der Waals surface area (Å²) in [6.45, 7) is 6.71. The van der Waals surface area contributed by atoms with Gasteiger partial charge in [0, 0.05) is 33.1 Å². The number of carbonyl (C=O) groups excluding carboxylic acids is 3. The zero-order chi connectivity index (χ0) is 15.3. The van der Waals surface area contributed by atoms with Crippen LogP contribution in [0.2, 0.25) is 0 Å². The van der Waals surface area contributed by atoms with E-state index in [9.17, 15) is 14.4 Å². The van der Waals surface area contributed by atoms with E-state index >= 15 is 0 Å². The van der Waals surface area contributed by atoms with Gasteiger partial charge in [-0.3, -0.25) is 9.59 Å². The summed E-state index contributed by atoms with van der Waals surface area (Å²) in [5.74, 6) is -0.202. The molecule has 114 valence electrons. The Morgan fingerprint density at radius 2 is 1.95 bits per heavy atom. The number of ether oxygens (including phenoxy) is 1. The Hall–Kier alpha value is -1.79. The number of nitrogens with zero attached hydrogens (tertiary/aromatic N) is 2. The third-order valence-electron chi connectivity index (χ3n) is 2.82. The summed E-state index contributed by atoms with van der Waals surface area (Å²) < 4.78 is 5.06. The smallest absolute Gasteiger partial charge is 0.407 e. The van der Waals surface area contributed by atoms with Crippen molar-refractivity contribution in [3.8, 4) is 0 Å². The molecule has 0 unspecified atom stereocenters. The van der Waals surface area contributed by atoms with Crippen molar-refractivity contribution in [1.29, 1.82) is 0 Å². The van der Waals surface area contributed by atoms with E-state index in [0.717, 1.165) is 0 Å². The minimum Gasteiger partial charge on any atom is -0.444 e. The molecule has 1 rings (SSSR count). The van der Waals surface area contributed by atoms with Gasteiger partial charge >= 0.3 is 6.09 Å². The Kier molecular flexibility index (Phi) is 5.35. The van der Waals surface area contributed by atoms with E-state index in [1.54, 1.807) is 32.7 Å². The Labute approximate surface area is 119 Å². The van der Waals surface area contributed by atoms with Crippen molar-refractivity contribution in [2.75, 3.05) is 33.2 Å². The van der Waals surface area contributed by atoms with Crippen LogP contribution in [-0.4, -0.2) is 66.5 Å². The Morgan fingerprint density at radius 3 is 2.50 bits per heavy atom. The van der Waals surface area contributed by atoms with Crippen LogP contribution in [0.4, 0.5) is 4.79 Å². The van der Waals surface area contributed by atoms with Crippen LogP contribution in [0.15, 0.2) is 0 Å². The Morgan fingerprint density at radius 1 is 1.30 bits per heavy atom. The van der Waals surface area contributed by atoms with Crippen LogP contribution in [-0.2, 0) is 14.3 Å². The normalized spacial score (nSPS) is 16.1. The van der Waals surface area contributed by atoms with E-state index in [0.29, 0.717) is 13.1 Å². The fourth-order valence-corrected chi connectivity index (χ4v) is 1.72. The second-order valence-corrected chi connectivity index (χ2v) is 5.81. The quantitative estimate of drug-likeness (QED) is 0.803. The summed E-state index contributed by atoms with van der Waals surface area (Å²) in [6, 6.07) is 0. The highest BCUT2D eigenvalue weighted by atomic mass is 16.6. The molecule has 1 saturated heterocycles. The van der Waals surface area contributed by atoms with Gasteiger partial charge in [0.25, 0.3) is 0 Å². The van der Waals surface area contributed by atoms with Gasteiger partial charge in [0.2, 0.25) is 11.8 Å². The predicted octanol–water partition coefficient (Wildman–Crippen LogP) is 0.202. The topological polar surface area (TPSA) is 78.9 Å². The molecule has 1 N–H and O–H groups in total. The van der Waals surface area contributed by atoms with E-state index in [1.165, 1.54) is 4.90 Å². The van der Waals surface area contributed by atoms with E-state index < -0.39 is 11.7 Å². The molecule has 1 aliphatic rings. The molecule has 0 spiro atoms. The van der Waals surface area contributed by atoms with Gasteiger partial charge < -0.3 is 19.9 Å². The first kappa shape index (κ1) is 16.3. The molecule has 1 fully saturated rings. The van der Waals surface area contributed by atoms with Crippen molar-refractivity contribution in [2.45, 2.75) is 32.8 Å². The number of likely N-dealkylation sites (N-methyl/N-ethyl adjacent to an activating group) is 1. The van der Waals surface area contributed by atoms with Crippen LogP contribution in [0.3, 0.4) is 0 Å². The highest BCUT2D eigenvalue weighted by Crippen LogP contribution is 2.06. The van der Waals surface area contributed by atoms with E-state index in [4.69, 9.17) is 4.74 Å². The summed E-state index contributed by atoms with van der Waals surface area (Å²) >= 11 is 0. The fraction of sp³-hybridized carbons (Fsp3) is 0.769. The van der Waals surface area contributed by atoms with Crippen molar-refractivity contribution in [3.63, 3.8) is 0 Å². The lowest BCUT2D eigenvalue weighted by Gasteiger charge is -2.32. The SMILES string of the molecule is CN1CCN(C(=O)CCNC(=O)OC(C)(C)C)CC1=O. The monoisotopic (exact) mass is 285 g/mol. The van der Waals surface area contributed by atoms with Crippen LogP contribution < -0.4 is 5.32 Å². The Bertz CT molecular complexity index is 390. The number of alkyl carbamates (subject to hydrolysis) is 1. The molecule has 1 heterocycles. The molecule has 0 aromatic rings. The molecule has 1 aliphatic heterocycles. The standard InChI is InChI=1S/C13H23N3O4/c1-13(2,3)20-12(19)14-6-5-10(17)16-8-7-15(4)11(18)9-16/h5-9H2,1-4H3,(H,14,19). The molecule has 0 aromatic carbocycles. The van der Waals surface area contributed by atoms with Gasteiger partial charge in [-0.05, 0) is 20.8 Å². The molecule has 3 amide bonds. The maximum Gasteiger partial charge on any atom is 0.407 e. The molecule has 0 saturated carbocycles. The molecule has 0 aliphatic carbocycles. The molecular formula is C13H23N3O4. The van der Waals surface area contributed by atoms with Crippen LogP contribution in [0, 0.1) is 0 Å². The molecule has 0 atom stereocenters. The summed E-state index contributed by atoms with van der Waals surface area (Å²) in [4.78, 5) is 37.9. The van der Waals surface area contributed by atoms with Crippen molar-refractivity contribution >= 4 is 17.9 Å². The second-order valence-electron chi connectivity index (χ2n) is 5.81. The maximum atomic E-state index is 11.9. The van der Waals surface area contributed by atoms with Crippen molar-refractivity contribution in [1.82, 2.24) is 15.1 Å². The van der Waals surface area contributed by atoms with Crippen LogP contribution in [0.25, 0.3) is 0 Å². The molecule has 0 radical (unpaired) electrons. The number of piperazine rings is 1. The zero-order valence-electron chi connectivity index (χ0n) is 12.6. The van der Waals surface area contributed by atoms with E-state index in [2.05, 4.69) is 5.32 Å². The van der Waals surface area contributed by atoms with Gasteiger partial charge in [-0.15, -0.1) is 0 Å². The first-order valence-corrected chi connectivity index (χ1v) is 6.67. The predicted molar refractivity (Wildman–Crippen MR) is 73.1 cm³/mol. The van der Waals surface area contributed by atoms with E-state index in [-0.39, 0.29) is 31.3 Å². The third-order valence-corrected chi connectivity index (χ3v) is 2.82. The number of carbonyl (C=O) groups is 3. The summed E-state index contributed by atoms with van der Waals surface area (Å²) in [5.41, 5.74) is -0.558. The minimum absolute atomic E-state index is 0.0651. The number of nitrogens with one attached hydrogen (secondary N) is 1. The van der Waals surface area contributed by atoms with Gasteiger partial charge in [0.05, 0.1) is 6.54 Å². The zero-order valence-corrected chi connectivity index (χ0v) is 12.6. The lowest BCUT2D eigenvalue weighted by molar-refractivity contribution is -0.144. The summed E-state index contributed by atoms with van der Waals surface area (Å²) in [7, 11) is 1.72. The van der Waals surface area contributed by atoms with E-state index in [1.807, 2.05) is 0 Å². The van der Waals surface area contributed by atoms with Gasteiger partial charge in [0.15, 0.2) is 0 Å². The second kappa shape index (κ2) is 6.58. The molecule has 7 heteroatoms. The molecule has 0 aromatic heterocycles. The van der Waals surface area contributed by atoms with Gasteiger partial charge in [0.1, 0.15) is 5.60 Å². The largest absolute Gasteiger partial charge is 0.444 e. The van der Waals surface area contributed by atoms with Gasteiger partial charge in [-0.2, -0.15) is 0 Å². The average molecular weight is 285 g/mol. The molecule has 0 bridgehead atoms. The van der Waals surface area contributed by atoms with Crippen LogP contribution >= 0.6 is 0 Å². The number of hydrogen-bond donors (Lipinski definition) is 1. The van der Waals surface area contributed by atoms with Gasteiger partial charge in [-0.25, -0.2) is 4.79 Å².